The Morgan fingerprint density at radius 1 is 1.53 bits per heavy atom. The number of aryl methyl sites for hydroxylation is 1. The zero-order valence-corrected chi connectivity index (χ0v) is 11.7. The first kappa shape index (κ1) is 13.3. The molecule has 1 aliphatic rings. The molecule has 2 N–H and O–H groups in total. The number of aliphatic hydroxyl groups excluding tert-OH is 2. The standard InChI is InChI=1S/C12H14BrClO3/c1-6-2-7(8(13)3-9(6)14)11-4-10(16)12(5-15)17-11/h2-3,10-12,15-16H,4-5H2,1H3/t10-,11+,12+/m0/s1. The van der Waals surface area contributed by atoms with Crippen LogP contribution < -0.4 is 0 Å². The molecule has 1 heterocycles. The van der Waals surface area contributed by atoms with Gasteiger partial charge in [0, 0.05) is 15.9 Å². The molecule has 94 valence electrons. The molecule has 0 aromatic heterocycles. The van der Waals surface area contributed by atoms with Crippen molar-refractivity contribution in [3.05, 3.63) is 32.8 Å². The number of benzene rings is 1. The largest absolute Gasteiger partial charge is 0.394 e. The molecule has 0 radical (unpaired) electrons. The topological polar surface area (TPSA) is 49.7 Å². The molecule has 2 rings (SSSR count). The van der Waals surface area contributed by atoms with Crippen LogP contribution in [0.5, 0.6) is 0 Å². The average Bonchev–Trinajstić information content (AvgIpc) is 2.65. The highest BCUT2D eigenvalue weighted by Gasteiger charge is 2.35. The molecule has 0 amide bonds. The number of halogens is 2. The van der Waals surface area contributed by atoms with Gasteiger partial charge in [0.2, 0.25) is 0 Å². The lowest BCUT2D eigenvalue weighted by Crippen LogP contribution is -2.24. The van der Waals surface area contributed by atoms with Crippen molar-refractivity contribution in [2.24, 2.45) is 0 Å². The molecule has 5 heteroatoms. The number of ether oxygens (including phenoxy) is 1. The number of hydrogen-bond acceptors (Lipinski definition) is 3. The Kier molecular flexibility index (Phi) is 4.10. The highest BCUT2D eigenvalue weighted by Crippen LogP contribution is 2.38. The van der Waals surface area contributed by atoms with E-state index in [9.17, 15) is 5.11 Å². The van der Waals surface area contributed by atoms with Crippen LogP contribution in [0.2, 0.25) is 5.02 Å². The fourth-order valence-electron chi connectivity index (χ4n) is 2.02. The van der Waals surface area contributed by atoms with Crippen molar-refractivity contribution in [2.45, 2.75) is 31.7 Å². The van der Waals surface area contributed by atoms with Crippen molar-refractivity contribution < 1.29 is 14.9 Å². The van der Waals surface area contributed by atoms with E-state index in [2.05, 4.69) is 15.9 Å². The van der Waals surface area contributed by atoms with E-state index in [1.54, 1.807) is 0 Å². The van der Waals surface area contributed by atoms with Crippen LogP contribution in [0.25, 0.3) is 0 Å². The van der Waals surface area contributed by atoms with Gasteiger partial charge < -0.3 is 14.9 Å². The van der Waals surface area contributed by atoms with Gasteiger partial charge in [0.05, 0.1) is 18.8 Å². The Labute approximate surface area is 113 Å². The first-order valence-corrected chi connectivity index (χ1v) is 6.60. The molecule has 1 saturated heterocycles. The van der Waals surface area contributed by atoms with Crippen molar-refractivity contribution in [1.29, 1.82) is 0 Å². The SMILES string of the molecule is Cc1cc([C@H]2C[C@H](O)[C@@H](CO)O2)c(Br)cc1Cl. The van der Waals surface area contributed by atoms with E-state index >= 15 is 0 Å². The summed E-state index contributed by atoms with van der Waals surface area (Å²) < 4.78 is 6.48. The fourth-order valence-corrected chi connectivity index (χ4v) is 2.91. The summed E-state index contributed by atoms with van der Waals surface area (Å²) in [5.41, 5.74) is 1.93. The second-order valence-electron chi connectivity index (χ2n) is 4.27. The Hall–Kier alpha value is -0.130. The third-order valence-electron chi connectivity index (χ3n) is 3.03. The van der Waals surface area contributed by atoms with E-state index in [0.717, 1.165) is 15.6 Å². The molecule has 0 bridgehead atoms. The average molecular weight is 322 g/mol. The maximum absolute atomic E-state index is 9.71. The molecule has 1 fully saturated rings. The maximum atomic E-state index is 9.71. The Bertz CT molecular complexity index is 424. The van der Waals surface area contributed by atoms with Crippen LogP contribution in [0.3, 0.4) is 0 Å². The summed E-state index contributed by atoms with van der Waals surface area (Å²) in [4.78, 5) is 0. The quantitative estimate of drug-likeness (QED) is 0.880. The van der Waals surface area contributed by atoms with Crippen molar-refractivity contribution in [2.75, 3.05) is 6.61 Å². The van der Waals surface area contributed by atoms with Crippen LogP contribution in [-0.4, -0.2) is 29.0 Å². The molecule has 1 aromatic rings. The van der Waals surface area contributed by atoms with Crippen LogP contribution in [0.1, 0.15) is 23.7 Å². The summed E-state index contributed by atoms with van der Waals surface area (Å²) in [6.45, 7) is 1.76. The Morgan fingerprint density at radius 2 is 2.24 bits per heavy atom. The minimum absolute atomic E-state index is 0.165. The van der Waals surface area contributed by atoms with Gasteiger partial charge >= 0.3 is 0 Å². The van der Waals surface area contributed by atoms with Gasteiger partial charge in [-0.2, -0.15) is 0 Å². The summed E-state index contributed by atoms with van der Waals surface area (Å²) in [6, 6.07) is 3.78. The summed E-state index contributed by atoms with van der Waals surface area (Å²) >= 11 is 9.46. The first-order valence-electron chi connectivity index (χ1n) is 5.43. The first-order chi connectivity index (χ1) is 8.02. The monoisotopic (exact) mass is 320 g/mol. The van der Waals surface area contributed by atoms with Gasteiger partial charge in [-0.25, -0.2) is 0 Å². The van der Waals surface area contributed by atoms with Crippen LogP contribution >= 0.6 is 27.5 Å². The lowest BCUT2D eigenvalue weighted by Gasteiger charge is -2.15. The van der Waals surface area contributed by atoms with Crippen molar-refractivity contribution in [3.8, 4) is 0 Å². The Balaban J connectivity index is 2.27. The van der Waals surface area contributed by atoms with E-state index in [4.69, 9.17) is 21.4 Å². The van der Waals surface area contributed by atoms with Crippen molar-refractivity contribution >= 4 is 27.5 Å². The molecular formula is C12H14BrClO3. The van der Waals surface area contributed by atoms with Crippen LogP contribution in [0.4, 0.5) is 0 Å². The molecule has 0 unspecified atom stereocenters. The van der Waals surface area contributed by atoms with E-state index in [-0.39, 0.29) is 12.7 Å². The molecule has 0 aliphatic carbocycles. The van der Waals surface area contributed by atoms with Crippen LogP contribution in [-0.2, 0) is 4.74 Å². The molecule has 0 spiro atoms. The van der Waals surface area contributed by atoms with Gasteiger partial charge in [-0.15, -0.1) is 0 Å². The predicted molar refractivity (Wildman–Crippen MR) is 69.2 cm³/mol. The van der Waals surface area contributed by atoms with E-state index in [1.807, 2.05) is 19.1 Å². The number of hydrogen-bond donors (Lipinski definition) is 2. The molecule has 1 aromatic carbocycles. The summed E-state index contributed by atoms with van der Waals surface area (Å²) in [5.74, 6) is 0. The number of rotatable bonds is 2. The minimum Gasteiger partial charge on any atom is -0.394 e. The highest BCUT2D eigenvalue weighted by molar-refractivity contribution is 9.10. The van der Waals surface area contributed by atoms with Gasteiger partial charge in [-0.1, -0.05) is 33.6 Å². The molecule has 3 atom stereocenters. The molecule has 1 aliphatic heterocycles. The summed E-state index contributed by atoms with van der Waals surface area (Å²) in [5, 5.41) is 19.5. The highest BCUT2D eigenvalue weighted by atomic mass is 79.9. The van der Waals surface area contributed by atoms with Gasteiger partial charge in [0.25, 0.3) is 0 Å². The molecular weight excluding hydrogens is 307 g/mol. The smallest absolute Gasteiger partial charge is 0.107 e. The summed E-state index contributed by atoms with van der Waals surface area (Å²) in [6.07, 6.45) is -0.825. The van der Waals surface area contributed by atoms with Crippen LogP contribution in [0.15, 0.2) is 16.6 Å². The Morgan fingerprint density at radius 3 is 2.82 bits per heavy atom. The zero-order chi connectivity index (χ0) is 12.6. The van der Waals surface area contributed by atoms with Crippen molar-refractivity contribution in [3.63, 3.8) is 0 Å². The van der Waals surface area contributed by atoms with E-state index < -0.39 is 12.2 Å². The zero-order valence-electron chi connectivity index (χ0n) is 9.36. The summed E-state index contributed by atoms with van der Waals surface area (Å²) in [7, 11) is 0. The second-order valence-corrected chi connectivity index (χ2v) is 5.53. The lowest BCUT2D eigenvalue weighted by molar-refractivity contribution is -0.0227. The number of aliphatic hydroxyl groups is 2. The van der Waals surface area contributed by atoms with Gasteiger partial charge in [-0.3, -0.25) is 0 Å². The van der Waals surface area contributed by atoms with E-state index in [1.165, 1.54) is 0 Å². The lowest BCUT2D eigenvalue weighted by atomic mass is 10.0. The van der Waals surface area contributed by atoms with E-state index in [0.29, 0.717) is 11.4 Å². The van der Waals surface area contributed by atoms with Crippen LogP contribution in [0, 0.1) is 6.92 Å². The molecule has 3 nitrogen and oxygen atoms in total. The third kappa shape index (κ3) is 2.66. The maximum Gasteiger partial charge on any atom is 0.107 e. The normalized spacial score (nSPS) is 28.6. The molecule has 0 saturated carbocycles. The van der Waals surface area contributed by atoms with Gasteiger partial charge in [0.1, 0.15) is 6.10 Å². The minimum atomic E-state index is -0.618. The van der Waals surface area contributed by atoms with Gasteiger partial charge in [-0.05, 0) is 24.1 Å². The second kappa shape index (κ2) is 5.24. The fraction of sp³-hybridized carbons (Fsp3) is 0.500. The molecule has 17 heavy (non-hydrogen) atoms. The van der Waals surface area contributed by atoms with Gasteiger partial charge in [0.15, 0.2) is 0 Å². The third-order valence-corrected chi connectivity index (χ3v) is 4.12. The van der Waals surface area contributed by atoms with Crippen molar-refractivity contribution in [1.82, 2.24) is 0 Å². The predicted octanol–water partition coefficient (Wildman–Crippen LogP) is 2.59.